The minimum absolute atomic E-state index is 0.0180. The molecule has 2 amide bonds. The summed E-state index contributed by atoms with van der Waals surface area (Å²) in [7, 11) is 0. The van der Waals surface area contributed by atoms with Gasteiger partial charge in [-0.3, -0.25) is 19.4 Å². The van der Waals surface area contributed by atoms with E-state index in [1.165, 1.54) is 0 Å². The lowest BCUT2D eigenvalue weighted by Gasteiger charge is -2.38. The van der Waals surface area contributed by atoms with Gasteiger partial charge in [0.25, 0.3) is 0 Å². The molecular formula is C20H28N4O2. The number of nitrogens with one attached hydrogen (secondary N) is 2. The predicted octanol–water partition coefficient (Wildman–Crippen LogP) is 0.926. The number of amides is 2. The number of nitrogens with zero attached hydrogens (tertiary/aromatic N) is 2. The molecule has 1 aromatic rings. The van der Waals surface area contributed by atoms with E-state index in [-0.39, 0.29) is 17.9 Å². The predicted molar refractivity (Wildman–Crippen MR) is 102 cm³/mol. The van der Waals surface area contributed by atoms with Crippen molar-refractivity contribution in [1.82, 2.24) is 20.4 Å². The largest absolute Gasteiger partial charge is 0.352 e. The molecule has 2 aliphatic rings. The summed E-state index contributed by atoms with van der Waals surface area (Å²) in [5.74, 6) is 0.111. The van der Waals surface area contributed by atoms with E-state index in [1.807, 2.05) is 30.3 Å². The van der Waals surface area contributed by atoms with Gasteiger partial charge in [0.05, 0.1) is 6.54 Å². The first kappa shape index (κ1) is 18.6. The third-order valence-electron chi connectivity index (χ3n) is 4.87. The van der Waals surface area contributed by atoms with Crippen LogP contribution in [-0.4, -0.2) is 66.9 Å². The van der Waals surface area contributed by atoms with Gasteiger partial charge in [0.15, 0.2) is 0 Å². The zero-order chi connectivity index (χ0) is 18.4. The molecule has 1 aliphatic carbocycles. The van der Waals surface area contributed by atoms with Crippen LogP contribution in [0.1, 0.15) is 24.4 Å². The van der Waals surface area contributed by atoms with Crippen molar-refractivity contribution in [2.75, 3.05) is 39.3 Å². The van der Waals surface area contributed by atoms with Crippen LogP contribution in [0, 0.1) is 0 Å². The van der Waals surface area contributed by atoms with Crippen molar-refractivity contribution in [3.63, 3.8) is 0 Å². The molecule has 1 atom stereocenters. The molecule has 140 valence electrons. The summed E-state index contributed by atoms with van der Waals surface area (Å²) in [6, 6.07) is 10.1. The molecule has 1 aromatic carbocycles. The minimum Gasteiger partial charge on any atom is -0.352 e. The Morgan fingerprint density at radius 1 is 1.15 bits per heavy atom. The van der Waals surface area contributed by atoms with Gasteiger partial charge in [-0.15, -0.1) is 6.58 Å². The average molecular weight is 356 g/mol. The zero-order valence-electron chi connectivity index (χ0n) is 15.2. The quantitative estimate of drug-likeness (QED) is 0.680. The van der Waals surface area contributed by atoms with E-state index < -0.39 is 0 Å². The van der Waals surface area contributed by atoms with Gasteiger partial charge in [-0.25, -0.2) is 0 Å². The van der Waals surface area contributed by atoms with Gasteiger partial charge in [-0.1, -0.05) is 36.4 Å². The summed E-state index contributed by atoms with van der Waals surface area (Å²) in [5.41, 5.74) is 1.03. The number of benzene rings is 1. The van der Waals surface area contributed by atoms with Crippen LogP contribution in [0.25, 0.3) is 0 Å². The van der Waals surface area contributed by atoms with Crippen molar-refractivity contribution in [1.29, 1.82) is 0 Å². The minimum atomic E-state index is -0.256. The van der Waals surface area contributed by atoms with E-state index >= 15 is 0 Å². The molecule has 3 rings (SSSR count). The monoisotopic (exact) mass is 356 g/mol. The normalized spacial score (nSPS) is 19.5. The van der Waals surface area contributed by atoms with E-state index in [0.717, 1.165) is 44.6 Å². The number of carbonyl (C=O) groups is 2. The standard InChI is InChI=1S/C20H28N4O2/c1-2-10-21-18(25)15-23-11-13-24(14-12-23)19(16-6-4-3-5-7-16)20(26)22-17-8-9-17/h2-7,17,19H,1,8-15H2,(H,21,25)(H,22,26)/t19-/m1/s1. The summed E-state index contributed by atoms with van der Waals surface area (Å²) in [5, 5.41) is 5.96. The molecule has 26 heavy (non-hydrogen) atoms. The summed E-state index contributed by atoms with van der Waals surface area (Å²) >= 11 is 0. The van der Waals surface area contributed by atoms with Crippen LogP contribution >= 0.6 is 0 Å². The maximum atomic E-state index is 12.8. The molecule has 0 aromatic heterocycles. The highest BCUT2D eigenvalue weighted by atomic mass is 16.2. The van der Waals surface area contributed by atoms with Crippen molar-refractivity contribution in [3.8, 4) is 0 Å². The van der Waals surface area contributed by atoms with Gasteiger partial charge < -0.3 is 10.6 Å². The van der Waals surface area contributed by atoms with Crippen molar-refractivity contribution < 1.29 is 9.59 Å². The van der Waals surface area contributed by atoms with Crippen molar-refractivity contribution in [2.24, 2.45) is 0 Å². The second-order valence-corrected chi connectivity index (χ2v) is 7.00. The number of piperazine rings is 1. The maximum absolute atomic E-state index is 12.8. The lowest BCUT2D eigenvalue weighted by Crippen LogP contribution is -2.52. The first-order chi connectivity index (χ1) is 12.7. The smallest absolute Gasteiger partial charge is 0.242 e. The first-order valence-corrected chi connectivity index (χ1v) is 9.36. The van der Waals surface area contributed by atoms with Gasteiger partial charge in [0.1, 0.15) is 6.04 Å². The van der Waals surface area contributed by atoms with Gasteiger partial charge in [-0.05, 0) is 18.4 Å². The lowest BCUT2D eigenvalue weighted by atomic mass is 10.0. The fourth-order valence-corrected chi connectivity index (χ4v) is 3.30. The Balaban J connectivity index is 1.59. The Kier molecular flexibility index (Phi) is 6.41. The number of hydrogen-bond acceptors (Lipinski definition) is 4. The van der Waals surface area contributed by atoms with Crippen molar-refractivity contribution >= 4 is 11.8 Å². The second-order valence-electron chi connectivity index (χ2n) is 7.00. The number of rotatable bonds is 8. The molecule has 1 aliphatic heterocycles. The summed E-state index contributed by atoms with van der Waals surface area (Å²) < 4.78 is 0. The molecular weight excluding hydrogens is 328 g/mol. The average Bonchev–Trinajstić information content (AvgIpc) is 3.46. The molecule has 0 radical (unpaired) electrons. The van der Waals surface area contributed by atoms with Gasteiger partial charge in [-0.2, -0.15) is 0 Å². The molecule has 1 saturated heterocycles. The molecule has 0 unspecified atom stereocenters. The van der Waals surface area contributed by atoms with Crippen LogP contribution in [0.15, 0.2) is 43.0 Å². The Morgan fingerprint density at radius 2 is 1.85 bits per heavy atom. The SMILES string of the molecule is C=CCNC(=O)CN1CCN([C@@H](C(=O)NC2CC2)c2ccccc2)CC1. The Bertz CT molecular complexity index is 622. The zero-order valence-corrected chi connectivity index (χ0v) is 15.2. The highest BCUT2D eigenvalue weighted by molar-refractivity contribution is 5.83. The van der Waals surface area contributed by atoms with E-state index in [0.29, 0.717) is 19.1 Å². The molecule has 1 saturated carbocycles. The maximum Gasteiger partial charge on any atom is 0.242 e. The summed E-state index contributed by atoms with van der Waals surface area (Å²) in [6.07, 6.45) is 3.85. The lowest BCUT2D eigenvalue weighted by molar-refractivity contribution is -0.128. The van der Waals surface area contributed by atoms with Crippen LogP contribution < -0.4 is 10.6 Å². The molecule has 2 fully saturated rings. The Hall–Kier alpha value is -2.18. The molecule has 6 nitrogen and oxygen atoms in total. The number of hydrogen-bond donors (Lipinski definition) is 2. The Morgan fingerprint density at radius 3 is 2.46 bits per heavy atom. The fraction of sp³-hybridized carbons (Fsp3) is 0.500. The van der Waals surface area contributed by atoms with Gasteiger partial charge in [0.2, 0.25) is 11.8 Å². The van der Waals surface area contributed by atoms with Crippen molar-refractivity contribution in [2.45, 2.75) is 24.9 Å². The number of carbonyl (C=O) groups excluding carboxylic acids is 2. The molecule has 1 heterocycles. The summed E-state index contributed by atoms with van der Waals surface area (Å²) in [6.45, 7) is 7.60. The van der Waals surface area contributed by atoms with E-state index in [2.05, 4.69) is 27.0 Å². The van der Waals surface area contributed by atoms with Crippen LogP contribution in [0.4, 0.5) is 0 Å². The first-order valence-electron chi connectivity index (χ1n) is 9.36. The topological polar surface area (TPSA) is 64.7 Å². The fourth-order valence-electron chi connectivity index (χ4n) is 3.30. The van der Waals surface area contributed by atoms with Crippen LogP contribution in [-0.2, 0) is 9.59 Å². The molecule has 6 heteroatoms. The van der Waals surface area contributed by atoms with E-state index in [4.69, 9.17) is 0 Å². The third-order valence-corrected chi connectivity index (χ3v) is 4.87. The molecule has 0 spiro atoms. The highest BCUT2D eigenvalue weighted by Crippen LogP contribution is 2.25. The van der Waals surface area contributed by atoms with E-state index in [9.17, 15) is 9.59 Å². The van der Waals surface area contributed by atoms with Crippen LogP contribution in [0.3, 0.4) is 0 Å². The Labute approximate surface area is 155 Å². The molecule has 0 bridgehead atoms. The van der Waals surface area contributed by atoms with Gasteiger partial charge in [0, 0.05) is 38.8 Å². The summed E-state index contributed by atoms with van der Waals surface area (Å²) in [4.78, 5) is 29.1. The van der Waals surface area contributed by atoms with Crippen LogP contribution in [0.2, 0.25) is 0 Å². The molecule has 2 N–H and O–H groups in total. The van der Waals surface area contributed by atoms with E-state index in [1.54, 1.807) is 6.08 Å². The van der Waals surface area contributed by atoms with Crippen LogP contribution in [0.5, 0.6) is 0 Å². The highest BCUT2D eigenvalue weighted by Gasteiger charge is 2.33. The van der Waals surface area contributed by atoms with Crippen molar-refractivity contribution in [3.05, 3.63) is 48.6 Å². The second kappa shape index (κ2) is 8.96. The van der Waals surface area contributed by atoms with Gasteiger partial charge >= 0.3 is 0 Å². The third kappa shape index (κ3) is 5.16.